The van der Waals surface area contributed by atoms with E-state index in [2.05, 4.69) is 4.98 Å². The first-order chi connectivity index (χ1) is 5.79. The molecule has 2 rings (SSSR count). The predicted molar refractivity (Wildman–Crippen MR) is 49.9 cm³/mol. The molecule has 1 aliphatic carbocycles. The molecule has 0 aromatic carbocycles. The lowest BCUT2D eigenvalue weighted by Crippen LogP contribution is -2.16. The zero-order valence-corrected chi connectivity index (χ0v) is 7.38. The Hall–Kier alpha value is -1.48. The number of hydrogen-bond donors (Lipinski definition) is 0. The van der Waals surface area contributed by atoms with Gasteiger partial charge in [-0.3, -0.25) is 14.6 Å². The van der Waals surface area contributed by atoms with E-state index in [0.717, 1.165) is 0 Å². The van der Waals surface area contributed by atoms with Crippen molar-refractivity contribution in [3.8, 4) is 0 Å². The van der Waals surface area contributed by atoms with Crippen LogP contribution in [0.2, 0.25) is 0 Å². The van der Waals surface area contributed by atoms with Crippen molar-refractivity contribution in [3.63, 3.8) is 0 Å². The van der Waals surface area contributed by atoms with Gasteiger partial charge in [0, 0.05) is 6.20 Å². The largest absolute Gasteiger partial charge is 0.286 e. The van der Waals surface area contributed by atoms with Crippen LogP contribution in [0.5, 0.6) is 0 Å². The molecule has 66 valence electrons. The number of ketones is 2. The van der Waals surface area contributed by atoms with E-state index in [-0.39, 0.29) is 12.4 Å². The topological polar surface area (TPSA) is 47.0 Å². The summed E-state index contributed by atoms with van der Waals surface area (Å²) in [5, 5.41) is 0. The number of nitrogens with zero attached hydrogens (tertiary/aromatic N) is 1. The molecule has 13 heavy (non-hydrogen) atoms. The lowest BCUT2D eigenvalue weighted by atomic mass is 10.0. The van der Waals surface area contributed by atoms with Crippen molar-refractivity contribution < 1.29 is 9.59 Å². The minimum atomic E-state index is -0.476. The molecule has 0 atom stereocenters. The van der Waals surface area contributed by atoms with Crippen LogP contribution < -0.4 is 0 Å². The molecule has 1 heterocycles. The molecule has 1 aromatic heterocycles. The van der Waals surface area contributed by atoms with Gasteiger partial charge < -0.3 is 0 Å². The first-order valence-corrected chi connectivity index (χ1v) is 3.51. The molecule has 4 heteroatoms. The quantitative estimate of drug-likeness (QED) is 0.586. The summed E-state index contributed by atoms with van der Waals surface area (Å²) in [5.41, 5.74) is 0.965. The van der Waals surface area contributed by atoms with Crippen LogP contribution in [0.25, 0.3) is 6.08 Å². The van der Waals surface area contributed by atoms with E-state index >= 15 is 0 Å². The van der Waals surface area contributed by atoms with E-state index in [1.807, 2.05) is 0 Å². The summed E-state index contributed by atoms with van der Waals surface area (Å²) in [7, 11) is 0. The highest BCUT2D eigenvalue weighted by Crippen LogP contribution is 2.13. The van der Waals surface area contributed by atoms with Gasteiger partial charge in [0.25, 0.3) is 0 Å². The Labute approximate surface area is 80.9 Å². The second kappa shape index (κ2) is 3.49. The molecule has 0 saturated carbocycles. The number of halogens is 1. The average Bonchev–Trinajstić information content (AvgIpc) is 2.12. The molecule has 0 bridgehead atoms. The average molecular weight is 196 g/mol. The molecule has 0 N–H and O–H groups in total. The van der Waals surface area contributed by atoms with Gasteiger partial charge in [-0.2, -0.15) is 0 Å². The van der Waals surface area contributed by atoms with Crippen molar-refractivity contribution in [2.45, 2.75) is 0 Å². The van der Waals surface area contributed by atoms with Gasteiger partial charge in [0.2, 0.25) is 11.6 Å². The van der Waals surface area contributed by atoms with E-state index in [1.54, 1.807) is 24.4 Å². The van der Waals surface area contributed by atoms with Crippen LogP contribution in [0.4, 0.5) is 0 Å². The summed E-state index contributed by atoms with van der Waals surface area (Å²) in [6.07, 6.45) is 4.39. The molecule has 0 spiro atoms. The highest BCUT2D eigenvalue weighted by molar-refractivity contribution is 6.49. The Bertz CT molecular complexity index is 398. The fourth-order valence-corrected chi connectivity index (χ4v) is 1.11. The number of aromatic nitrogens is 1. The first-order valence-electron chi connectivity index (χ1n) is 3.51. The van der Waals surface area contributed by atoms with Crippen molar-refractivity contribution in [2.24, 2.45) is 0 Å². The van der Waals surface area contributed by atoms with Gasteiger partial charge in [0.15, 0.2) is 0 Å². The Kier molecular flexibility index (Phi) is 2.58. The van der Waals surface area contributed by atoms with E-state index in [9.17, 15) is 9.59 Å². The number of allylic oxidation sites excluding steroid dienone is 1. The minimum absolute atomic E-state index is 0. The maximum atomic E-state index is 11.2. The summed E-state index contributed by atoms with van der Waals surface area (Å²) in [5.74, 6) is -0.948. The molecule has 0 radical (unpaired) electrons. The molecule has 0 fully saturated rings. The van der Waals surface area contributed by atoms with Crippen LogP contribution in [0.15, 0.2) is 24.4 Å². The number of Topliss-reactive ketones (excluding diaryl/α,β-unsaturated/α-hetero) is 1. The fourth-order valence-electron chi connectivity index (χ4n) is 1.11. The Morgan fingerprint density at radius 1 is 1.15 bits per heavy atom. The van der Waals surface area contributed by atoms with Crippen LogP contribution in [0.3, 0.4) is 0 Å². The Morgan fingerprint density at radius 3 is 2.69 bits per heavy atom. The van der Waals surface area contributed by atoms with Gasteiger partial charge >= 0.3 is 0 Å². The van der Waals surface area contributed by atoms with Crippen molar-refractivity contribution in [1.82, 2.24) is 4.98 Å². The monoisotopic (exact) mass is 195 g/mol. The summed E-state index contributed by atoms with van der Waals surface area (Å²) >= 11 is 0. The highest BCUT2D eigenvalue weighted by Gasteiger charge is 2.20. The van der Waals surface area contributed by atoms with Gasteiger partial charge in [0.1, 0.15) is 0 Å². The fraction of sp³-hybridized carbons (Fsp3) is 0. The van der Waals surface area contributed by atoms with Crippen LogP contribution >= 0.6 is 12.4 Å². The van der Waals surface area contributed by atoms with E-state index in [1.165, 1.54) is 6.08 Å². The molecule has 1 aromatic rings. The number of carbonyl (C=O) groups is 2. The normalized spacial score (nSPS) is 13.5. The van der Waals surface area contributed by atoms with Crippen molar-refractivity contribution >= 4 is 30.0 Å². The molecule has 0 amide bonds. The van der Waals surface area contributed by atoms with Gasteiger partial charge in [-0.25, -0.2) is 0 Å². The molecule has 0 aliphatic heterocycles. The summed E-state index contributed by atoms with van der Waals surface area (Å²) in [6, 6.07) is 3.25. The third-order valence-corrected chi connectivity index (χ3v) is 1.70. The third kappa shape index (κ3) is 1.51. The summed E-state index contributed by atoms with van der Waals surface area (Å²) in [6.45, 7) is 0. The Morgan fingerprint density at radius 2 is 1.92 bits per heavy atom. The molecule has 0 saturated heterocycles. The molecule has 3 nitrogen and oxygen atoms in total. The number of pyridine rings is 1. The van der Waals surface area contributed by atoms with Crippen molar-refractivity contribution in [2.75, 3.05) is 0 Å². The predicted octanol–water partition coefficient (Wildman–Crippen LogP) is 1.28. The Balaban J connectivity index is 0.000000845. The maximum absolute atomic E-state index is 11.2. The summed E-state index contributed by atoms with van der Waals surface area (Å²) in [4.78, 5) is 26.0. The number of carbonyl (C=O) groups excluding carboxylic acids is 2. The number of rotatable bonds is 0. The number of fused-ring (bicyclic) bond motifs is 1. The third-order valence-electron chi connectivity index (χ3n) is 1.70. The van der Waals surface area contributed by atoms with Crippen molar-refractivity contribution in [3.05, 3.63) is 35.7 Å². The SMILES string of the molecule is Cl.O=C1C=Cc2ncccc2C1=O. The lowest BCUT2D eigenvalue weighted by molar-refractivity contribution is -0.110. The van der Waals surface area contributed by atoms with Gasteiger partial charge in [-0.15, -0.1) is 12.4 Å². The zero-order chi connectivity index (χ0) is 8.55. The zero-order valence-electron chi connectivity index (χ0n) is 6.56. The standard InChI is InChI=1S/C9H5NO2.ClH/c11-8-4-3-7-6(9(8)12)2-1-5-10-7;/h1-5H;1H. The lowest BCUT2D eigenvalue weighted by Gasteiger charge is -2.04. The van der Waals surface area contributed by atoms with Crippen LogP contribution in [-0.2, 0) is 4.79 Å². The number of hydrogen-bond acceptors (Lipinski definition) is 3. The molecule has 1 aliphatic rings. The highest BCUT2D eigenvalue weighted by atomic mass is 35.5. The van der Waals surface area contributed by atoms with E-state index < -0.39 is 11.6 Å². The maximum Gasteiger partial charge on any atom is 0.235 e. The van der Waals surface area contributed by atoms with Crippen LogP contribution in [0.1, 0.15) is 16.1 Å². The second-order valence-corrected chi connectivity index (χ2v) is 2.46. The minimum Gasteiger partial charge on any atom is -0.286 e. The van der Waals surface area contributed by atoms with Gasteiger partial charge in [-0.1, -0.05) is 0 Å². The first kappa shape index (κ1) is 9.61. The van der Waals surface area contributed by atoms with E-state index in [0.29, 0.717) is 11.3 Å². The molecule has 0 unspecified atom stereocenters. The van der Waals surface area contributed by atoms with Crippen LogP contribution in [0, 0.1) is 0 Å². The summed E-state index contributed by atoms with van der Waals surface area (Å²) < 4.78 is 0. The van der Waals surface area contributed by atoms with Crippen molar-refractivity contribution in [1.29, 1.82) is 0 Å². The molecular formula is C9H6ClNO2. The van der Waals surface area contributed by atoms with Gasteiger partial charge in [-0.05, 0) is 24.3 Å². The van der Waals surface area contributed by atoms with Gasteiger partial charge in [0.05, 0.1) is 11.3 Å². The van der Waals surface area contributed by atoms with E-state index in [4.69, 9.17) is 0 Å². The van der Waals surface area contributed by atoms with Crippen LogP contribution in [-0.4, -0.2) is 16.6 Å². The second-order valence-electron chi connectivity index (χ2n) is 2.46. The smallest absolute Gasteiger partial charge is 0.235 e. The molecular weight excluding hydrogens is 190 g/mol.